The Morgan fingerprint density at radius 3 is 2.17 bits per heavy atom. The molecule has 1 unspecified atom stereocenters. The number of hydrogen-bond donors (Lipinski definition) is 2. The first-order valence-corrected chi connectivity index (χ1v) is 9.30. The third-order valence-corrected chi connectivity index (χ3v) is 5.52. The highest BCUT2D eigenvalue weighted by molar-refractivity contribution is 6.64. The molecule has 0 spiro atoms. The maximum absolute atomic E-state index is 9.88. The fraction of sp³-hybridized carbons (Fsp3) is 1.00. The van der Waals surface area contributed by atoms with Gasteiger partial charge in [-0.05, 0) is 47.1 Å². The molecule has 5 heteroatoms. The molecule has 1 saturated heterocycles. The molecular weight excluding hydrogens is 246 g/mol. The van der Waals surface area contributed by atoms with E-state index in [1.807, 2.05) is 0 Å². The van der Waals surface area contributed by atoms with E-state index in [0.717, 1.165) is 12.8 Å². The van der Waals surface area contributed by atoms with Crippen molar-refractivity contribution in [2.75, 3.05) is 13.7 Å². The zero-order valence-corrected chi connectivity index (χ0v) is 13.7. The molecule has 0 aliphatic carbocycles. The van der Waals surface area contributed by atoms with E-state index in [4.69, 9.17) is 9.16 Å². The van der Waals surface area contributed by atoms with Crippen molar-refractivity contribution in [1.29, 1.82) is 0 Å². The lowest BCUT2D eigenvalue weighted by molar-refractivity contribution is -0.0178. The third kappa shape index (κ3) is 5.36. The molecule has 1 aliphatic heterocycles. The summed E-state index contributed by atoms with van der Waals surface area (Å²) in [4.78, 5) is 9.88. The van der Waals surface area contributed by atoms with E-state index in [1.165, 1.54) is 0 Å². The van der Waals surface area contributed by atoms with E-state index in [9.17, 15) is 4.80 Å². The van der Waals surface area contributed by atoms with Crippen molar-refractivity contribution < 1.29 is 14.0 Å². The molecule has 1 aliphatic rings. The standard InChI is InChI=1S/C13H29NO3Si/c1-12(2)9-11(10-13(3,4)14-12)17-7-8-18(6,15)16-5/h11,14-15H,7-10H2,1-6H3. The van der Waals surface area contributed by atoms with E-state index in [2.05, 4.69) is 33.0 Å². The molecule has 1 rings (SSSR count). The van der Waals surface area contributed by atoms with Crippen LogP contribution in [0.4, 0.5) is 0 Å². The molecule has 108 valence electrons. The summed E-state index contributed by atoms with van der Waals surface area (Å²) < 4.78 is 11.1. The van der Waals surface area contributed by atoms with Gasteiger partial charge in [-0.3, -0.25) is 0 Å². The third-order valence-electron chi connectivity index (χ3n) is 3.51. The van der Waals surface area contributed by atoms with Crippen molar-refractivity contribution in [2.24, 2.45) is 0 Å². The van der Waals surface area contributed by atoms with Crippen LogP contribution < -0.4 is 5.32 Å². The van der Waals surface area contributed by atoms with Gasteiger partial charge in [-0.25, -0.2) is 0 Å². The molecule has 4 nitrogen and oxygen atoms in total. The number of rotatable bonds is 5. The summed E-state index contributed by atoms with van der Waals surface area (Å²) in [6.45, 7) is 11.2. The number of hydrogen-bond acceptors (Lipinski definition) is 4. The minimum Gasteiger partial charge on any atom is -0.411 e. The van der Waals surface area contributed by atoms with Crippen LogP contribution in [0.15, 0.2) is 0 Å². The normalized spacial score (nSPS) is 26.8. The van der Waals surface area contributed by atoms with Gasteiger partial charge in [0.05, 0.1) is 6.10 Å². The summed E-state index contributed by atoms with van der Waals surface area (Å²) in [5, 5.41) is 3.63. The molecule has 0 radical (unpaired) electrons. The summed E-state index contributed by atoms with van der Waals surface area (Å²) in [5.74, 6) is 0. The molecule has 0 aromatic heterocycles. The molecule has 18 heavy (non-hydrogen) atoms. The van der Waals surface area contributed by atoms with Gasteiger partial charge in [0, 0.05) is 30.8 Å². The first kappa shape index (κ1) is 16.1. The van der Waals surface area contributed by atoms with Crippen LogP contribution in [0, 0.1) is 0 Å². The SMILES string of the molecule is CO[Si](C)(O)CCOC1CC(C)(C)NC(C)(C)C1. The van der Waals surface area contributed by atoms with Gasteiger partial charge in [0.15, 0.2) is 0 Å². The van der Waals surface area contributed by atoms with Crippen molar-refractivity contribution >= 4 is 8.56 Å². The maximum Gasteiger partial charge on any atom is 0.334 e. The van der Waals surface area contributed by atoms with Gasteiger partial charge in [-0.2, -0.15) is 0 Å². The Balaban J connectivity index is 2.43. The molecule has 1 atom stereocenters. The smallest absolute Gasteiger partial charge is 0.334 e. The predicted octanol–water partition coefficient (Wildman–Crippen LogP) is 2.02. The van der Waals surface area contributed by atoms with Gasteiger partial charge in [0.25, 0.3) is 0 Å². The second-order valence-electron chi connectivity index (χ2n) is 6.92. The molecule has 1 heterocycles. The number of nitrogens with one attached hydrogen (secondary N) is 1. The van der Waals surface area contributed by atoms with Crippen LogP contribution in [0.2, 0.25) is 12.6 Å². The zero-order valence-electron chi connectivity index (χ0n) is 12.7. The van der Waals surface area contributed by atoms with E-state index in [1.54, 1.807) is 13.7 Å². The number of ether oxygens (including phenoxy) is 1. The van der Waals surface area contributed by atoms with E-state index in [-0.39, 0.29) is 17.2 Å². The zero-order chi connectivity index (χ0) is 14.0. The van der Waals surface area contributed by atoms with Crippen molar-refractivity contribution in [3.8, 4) is 0 Å². The van der Waals surface area contributed by atoms with Crippen molar-refractivity contribution in [3.63, 3.8) is 0 Å². The van der Waals surface area contributed by atoms with Crippen LogP contribution in [0.3, 0.4) is 0 Å². The first-order valence-electron chi connectivity index (χ1n) is 6.74. The van der Waals surface area contributed by atoms with Gasteiger partial charge >= 0.3 is 8.56 Å². The predicted molar refractivity (Wildman–Crippen MR) is 75.9 cm³/mol. The molecule has 2 N–H and O–H groups in total. The first-order chi connectivity index (χ1) is 8.05. The topological polar surface area (TPSA) is 50.7 Å². The molecule has 1 fully saturated rings. The molecule has 0 saturated carbocycles. The van der Waals surface area contributed by atoms with Crippen LogP contribution in [0.1, 0.15) is 40.5 Å². The Hall–Kier alpha value is 0.0569. The molecular formula is C13H29NO3Si. The highest BCUT2D eigenvalue weighted by Crippen LogP contribution is 2.30. The van der Waals surface area contributed by atoms with Crippen LogP contribution in [-0.2, 0) is 9.16 Å². The van der Waals surface area contributed by atoms with Crippen molar-refractivity contribution in [3.05, 3.63) is 0 Å². The second-order valence-corrected chi connectivity index (χ2v) is 10.2. The lowest BCUT2D eigenvalue weighted by Gasteiger charge is -2.46. The van der Waals surface area contributed by atoms with Crippen LogP contribution >= 0.6 is 0 Å². The maximum atomic E-state index is 9.88. The summed E-state index contributed by atoms with van der Waals surface area (Å²) in [7, 11) is -0.901. The molecule has 0 bridgehead atoms. The Morgan fingerprint density at radius 1 is 1.22 bits per heavy atom. The molecule has 0 aromatic carbocycles. The summed E-state index contributed by atoms with van der Waals surface area (Å²) >= 11 is 0. The Bertz CT molecular complexity index is 263. The largest absolute Gasteiger partial charge is 0.411 e. The number of piperidine rings is 1. The average molecular weight is 275 g/mol. The van der Waals surface area contributed by atoms with Gasteiger partial charge in [0.2, 0.25) is 0 Å². The lowest BCUT2D eigenvalue weighted by Crippen LogP contribution is -2.59. The summed E-state index contributed by atoms with van der Waals surface area (Å²) in [5.41, 5.74) is 0.210. The van der Waals surface area contributed by atoms with Crippen LogP contribution in [0.25, 0.3) is 0 Å². The van der Waals surface area contributed by atoms with Gasteiger partial charge < -0.3 is 19.3 Å². The monoisotopic (exact) mass is 275 g/mol. The minimum absolute atomic E-state index is 0.105. The van der Waals surface area contributed by atoms with E-state index in [0.29, 0.717) is 12.7 Å². The van der Waals surface area contributed by atoms with E-state index >= 15 is 0 Å². The quantitative estimate of drug-likeness (QED) is 0.754. The van der Waals surface area contributed by atoms with Gasteiger partial charge in [-0.15, -0.1) is 0 Å². The second kappa shape index (κ2) is 5.59. The fourth-order valence-corrected chi connectivity index (χ4v) is 3.56. The Labute approximate surface area is 112 Å². The van der Waals surface area contributed by atoms with E-state index < -0.39 is 8.56 Å². The van der Waals surface area contributed by atoms with Gasteiger partial charge in [-0.1, -0.05) is 0 Å². The average Bonchev–Trinajstić information content (AvgIpc) is 2.12. The highest BCUT2D eigenvalue weighted by atomic mass is 28.4. The lowest BCUT2D eigenvalue weighted by atomic mass is 9.81. The molecule has 0 aromatic rings. The minimum atomic E-state index is -2.47. The van der Waals surface area contributed by atoms with Crippen LogP contribution in [0.5, 0.6) is 0 Å². The molecule has 0 amide bonds. The highest BCUT2D eigenvalue weighted by Gasteiger charge is 2.38. The fourth-order valence-electron chi connectivity index (χ4n) is 2.86. The van der Waals surface area contributed by atoms with Crippen LogP contribution in [-0.4, -0.2) is 44.3 Å². The Kier molecular flexibility index (Phi) is 5.00. The summed E-state index contributed by atoms with van der Waals surface area (Å²) in [6, 6.07) is 0.633. The van der Waals surface area contributed by atoms with Crippen molar-refractivity contribution in [2.45, 2.75) is 70.3 Å². The summed E-state index contributed by atoms with van der Waals surface area (Å²) in [6.07, 6.45) is 2.28. The Morgan fingerprint density at radius 2 is 1.72 bits per heavy atom. The van der Waals surface area contributed by atoms with Crippen molar-refractivity contribution in [1.82, 2.24) is 5.32 Å². The van der Waals surface area contributed by atoms with Gasteiger partial charge in [0.1, 0.15) is 0 Å².